The van der Waals surface area contributed by atoms with E-state index in [4.69, 9.17) is 27.9 Å². The first kappa shape index (κ1) is 15.6. The highest BCUT2D eigenvalue weighted by Gasteiger charge is 2.15. The van der Waals surface area contributed by atoms with Gasteiger partial charge < -0.3 is 9.84 Å². The van der Waals surface area contributed by atoms with Gasteiger partial charge in [-0.3, -0.25) is 0 Å². The summed E-state index contributed by atoms with van der Waals surface area (Å²) < 4.78 is 5.15. The summed E-state index contributed by atoms with van der Waals surface area (Å²) in [6.45, 7) is 0. The molecule has 23 heavy (non-hydrogen) atoms. The van der Waals surface area contributed by atoms with Gasteiger partial charge in [0.1, 0.15) is 5.75 Å². The quantitative estimate of drug-likeness (QED) is 0.730. The van der Waals surface area contributed by atoms with Crippen molar-refractivity contribution in [3.63, 3.8) is 0 Å². The minimum atomic E-state index is -1.05. The Morgan fingerprint density at radius 3 is 2.61 bits per heavy atom. The standard InChI is InChI=1S/C17H11Cl2NO3/c1-23-10-3-5-15-11(7-10)12(17(21)22)8-16(20-15)13-6-9(18)2-4-14(13)19/h2-8H,1H3,(H,21,22). The molecule has 0 amide bonds. The fraction of sp³-hybridized carbons (Fsp3) is 0.0588. The second kappa shape index (κ2) is 6.07. The van der Waals surface area contributed by atoms with E-state index in [-0.39, 0.29) is 5.56 Å². The van der Waals surface area contributed by atoms with Crippen LogP contribution in [0, 0.1) is 0 Å². The van der Waals surface area contributed by atoms with Gasteiger partial charge in [0.25, 0.3) is 0 Å². The van der Waals surface area contributed by atoms with Crippen molar-refractivity contribution in [3.8, 4) is 17.0 Å². The molecule has 1 heterocycles. The van der Waals surface area contributed by atoms with Crippen LogP contribution < -0.4 is 4.74 Å². The molecule has 0 atom stereocenters. The SMILES string of the molecule is COc1ccc2nc(-c3cc(Cl)ccc3Cl)cc(C(=O)O)c2c1. The highest BCUT2D eigenvalue weighted by atomic mass is 35.5. The van der Waals surface area contributed by atoms with Crippen molar-refractivity contribution in [3.05, 3.63) is 58.1 Å². The predicted octanol–water partition coefficient (Wildman–Crippen LogP) is 4.92. The van der Waals surface area contributed by atoms with Crippen LogP contribution in [0.5, 0.6) is 5.75 Å². The Hall–Kier alpha value is -2.30. The van der Waals surface area contributed by atoms with Gasteiger partial charge in [-0.05, 0) is 42.5 Å². The molecule has 1 N–H and O–H groups in total. The van der Waals surface area contributed by atoms with E-state index in [1.165, 1.54) is 13.2 Å². The Bertz CT molecular complexity index is 925. The third kappa shape index (κ3) is 2.96. The van der Waals surface area contributed by atoms with Crippen molar-refractivity contribution in [1.82, 2.24) is 4.98 Å². The summed E-state index contributed by atoms with van der Waals surface area (Å²) in [5, 5.41) is 11.0. The van der Waals surface area contributed by atoms with E-state index in [1.54, 1.807) is 36.4 Å². The number of ether oxygens (including phenoxy) is 1. The lowest BCUT2D eigenvalue weighted by Crippen LogP contribution is -2.01. The second-order valence-corrected chi connectivity index (χ2v) is 5.71. The molecular weight excluding hydrogens is 337 g/mol. The zero-order valence-electron chi connectivity index (χ0n) is 12.0. The van der Waals surface area contributed by atoms with E-state index in [9.17, 15) is 9.90 Å². The number of aromatic carboxylic acids is 1. The molecule has 0 aliphatic rings. The van der Waals surface area contributed by atoms with E-state index < -0.39 is 5.97 Å². The molecule has 0 bridgehead atoms. The van der Waals surface area contributed by atoms with Crippen LogP contribution in [0.25, 0.3) is 22.2 Å². The smallest absolute Gasteiger partial charge is 0.336 e. The molecule has 0 unspecified atom stereocenters. The van der Waals surface area contributed by atoms with Gasteiger partial charge in [-0.1, -0.05) is 23.2 Å². The number of hydrogen-bond donors (Lipinski definition) is 1. The third-order valence-electron chi connectivity index (χ3n) is 3.45. The molecule has 0 aliphatic heterocycles. The highest BCUT2D eigenvalue weighted by molar-refractivity contribution is 6.35. The molecular formula is C17H11Cl2NO3. The van der Waals surface area contributed by atoms with E-state index in [1.807, 2.05) is 0 Å². The van der Waals surface area contributed by atoms with Crippen LogP contribution in [0.4, 0.5) is 0 Å². The van der Waals surface area contributed by atoms with Crippen molar-refractivity contribution < 1.29 is 14.6 Å². The normalized spacial score (nSPS) is 10.7. The maximum atomic E-state index is 11.6. The van der Waals surface area contributed by atoms with Crippen LogP contribution in [-0.4, -0.2) is 23.2 Å². The molecule has 0 aliphatic carbocycles. The molecule has 0 fully saturated rings. The lowest BCUT2D eigenvalue weighted by atomic mass is 10.0. The first-order valence-corrected chi connectivity index (χ1v) is 7.42. The van der Waals surface area contributed by atoms with E-state index in [2.05, 4.69) is 4.98 Å². The Morgan fingerprint density at radius 1 is 1.13 bits per heavy atom. The zero-order valence-corrected chi connectivity index (χ0v) is 13.5. The molecule has 1 aromatic heterocycles. The number of carboxylic acid groups (broad SMARTS) is 1. The lowest BCUT2D eigenvalue weighted by Gasteiger charge is -2.10. The van der Waals surface area contributed by atoms with Gasteiger partial charge >= 0.3 is 5.97 Å². The van der Waals surface area contributed by atoms with Crippen molar-refractivity contribution in [1.29, 1.82) is 0 Å². The number of pyridine rings is 1. The number of carbonyl (C=O) groups is 1. The minimum absolute atomic E-state index is 0.125. The number of methoxy groups -OCH3 is 1. The summed E-state index contributed by atoms with van der Waals surface area (Å²) in [6.07, 6.45) is 0. The number of benzene rings is 2. The van der Waals surface area contributed by atoms with Crippen molar-refractivity contribution in [2.75, 3.05) is 7.11 Å². The maximum absolute atomic E-state index is 11.6. The summed E-state index contributed by atoms with van der Waals surface area (Å²) in [7, 11) is 1.52. The fourth-order valence-electron chi connectivity index (χ4n) is 2.34. The molecule has 6 heteroatoms. The van der Waals surface area contributed by atoms with Gasteiger partial charge in [-0.15, -0.1) is 0 Å². The summed E-state index contributed by atoms with van der Waals surface area (Å²) in [5.74, 6) is -0.486. The number of carboxylic acids is 1. The Morgan fingerprint density at radius 2 is 1.91 bits per heavy atom. The molecule has 0 spiro atoms. The molecule has 0 saturated heterocycles. The first-order valence-electron chi connectivity index (χ1n) is 6.67. The summed E-state index contributed by atoms with van der Waals surface area (Å²) >= 11 is 12.2. The average molecular weight is 348 g/mol. The van der Waals surface area contributed by atoms with Crippen molar-refractivity contribution in [2.45, 2.75) is 0 Å². The number of fused-ring (bicyclic) bond motifs is 1. The molecule has 3 aromatic rings. The number of nitrogens with zero attached hydrogens (tertiary/aromatic N) is 1. The monoisotopic (exact) mass is 347 g/mol. The van der Waals surface area contributed by atoms with Crippen LogP contribution in [0.2, 0.25) is 10.0 Å². The Balaban J connectivity index is 2.31. The number of rotatable bonds is 3. The third-order valence-corrected chi connectivity index (χ3v) is 4.02. The minimum Gasteiger partial charge on any atom is -0.497 e. The predicted molar refractivity (Wildman–Crippen MR) is 90.7 cm³/mol. The van der Waals surface area contributed by atoms with Gasteiger partial charge in [-0.2, -0.15) is 0 Å². The summed E-state index contributed by atoms with van der Waals surface area (Å²) in [4.78, 5) is 16.1. The zero-order chi connectivity index (χ0) is 16.6. The van der Waals surface area contributed by atoms with Crippen LogP contribution >= 0.6 is 23.2 Å². The average Bonchev–Trinajstić information content (AvgIpc) is 2.55. The van der Waals surface area contributed by atoms with Crippen molar-refractivity contribution in [2.24, 2.45) is 0 Å². The van der Waals surface area contributed by atoms with E-state index in [0.717, 1.165) is 0 Å². The molecule has 4 nitrogen and oxygen atoms in total. The fourth-order valence-corrected chi connectivity index (χ4v) is 2.73. The van der Waals surface area contributed by atoms with Crippen molar-refractivity contribution >= 4 is 40.1 Å². The highest BCUT2D eigenvalue weighted by Crippen LogP contribution is 2.33. The number of aromatic nitrogens is 1. The molecule has 0 saturated carbocycles. The molecule has 0 radical (unpaired) electrons. The van der Waals surface area contributed by atoms with Gasteiger partial charge in [0.15, 0.2) is 0 Å². The van der Waals surface area contributed by atoms with E-state index in [0.29, 0.717) is 38.0 Å². The molecule has 116 valence electrons. The Labute approximate surface area is 142 Å². The van der Waals surface area contributed by atoms with Gasteiger partial charge in [0, 0.05) is 16.0 Å². The van der Waals surface area contributed by atoms with Crippen LogP contribution in [0.1, 0.15) is 10.4 Å². The maximum Gasteiger partial charge on any atom is 0.336 e. The largest absolute Gasteiger partial charge is 0.497 e. The molecule has 2 aromatic carbocycles. The Kier molecular flexibility index (Phi) is 4.11. The van der Waals surface area contributed by atoms with Crippen LogP contribution in [-0.2, 0) is 0 Å². The first-order chi connectivity index (χ1) is 11.0. The lowest BCUT2D eigenvalue weighted by molar-refractivity contribution is 0.0699. The summed E-state index contributed by atoms with van der Waals surface area (Å²) in [5.41, 5.74) is 1.70. The number of halogens is 2. The summed E-state index contributed by atoms with van der Waals surface area (Å²) in [6, 6.07) is 11.5. The van der Waals surface area contributed by atoms with Gasteiger partial charge in [0.2, 0.25) is 0 Å². The second-order valence-electron chi connectivity index (χ2n) is 4.87. The van der Waals surface area contributed by atoms with Gasteiger partial charge in [-0.25, -0.2) is 9.78 Å². The number of hydrogen-bond acceptors (Lipinski definition) is 3. The van der Waals surface area contributed by atoms with E-state index >= 15 is 0 Å². The van der Waals surface area contributed by atoms with Crippen LogP contribution in [0.15, 0.2) is 42.5 Å². The molecule has 3 rings (SSSR count). The topological polar surface area (TPSA) is 59.4 Å². The van der Waals surface area contributed by atoms with Gasteiger partial charge in [0.05, 0.1) is 28.9 Å². The van der Waals surface area contributed by atoms with Crippen LogP contribution in [0.3, 0.4) is 0 Å².